The summed E-state index contributed by atoms with van der Waals surface area (Å²) >= 11 is 0. The van der Waals surface area contributed by atoms with Crippen molar-refractivity contribution in [3.63, 3.8) is 0 Å². The lowest BCUT2D eigenvalue weighted by Gasteiger charge is -2.45. The minimum atomic E-state index is -1.79. The Balaban J connectivity index is 2.04. The second kappa shape index (κ2) is 16.0. The van der Waals surface area contributed by atoms with Crippen LogP contribution in [0.15, 0.2) is 0 Å². The first-order chi connectivity index (χ1) is 15.2. The summed E-state index contributed by atoms with van der Waals surface area (Å²) in [6.45, 7) is 5.35. The van der Waals surface area contributed by atoms with Crippen molar-refractivity contribution in [2.75, 3.05) is 6.61 Å². The lowest BCUT2D eigenvalue weighted by molar-refractivity contribution is -0.344. The first kappa shape index (κ1) is 29.3. The Morgan fingerprint density at radius 2 is 1.31 bits per heavy atom. The SMILES string of the molecule is CC(C)CCCCCCCCCCCCCCC(=O)OC1(C)O[C@H](CO)[C@@H](O)[C@H](O)[C@H]1O. The van der Waals surface area contributed by atoms with E-state index in [1.165, 1.54) is 71.1 Å². The van der Waals surface area contributed by atoms with Crippen molar-refractivity contribution >= 4 is 5.97 Å². The summed E-state index contributed by atoms with van der Waals surface area (Å²) in [7, 11) is 0. The first-order valence-corrected chi connectivity index (χ1v) is 12.8. The van der Waals surface area contributed by atoms with Crippen molar-refractivity contribution < 1.29 is 34.7 Å². The van der Waals surface area contributed by atoms with Crippen LogP contribution < -0.4 is 0 Å². The molecule has 0 spiro atoms. The third kappa shape index (κ3) is 10.9. The smallest absolute Gasteiger partial charge is 0.308 e. The third-order valence-electron chi connectivity index (χ3n) is 6.39. The van der Waals surface area contributed by atoms with Crippen LogP contribution in [0.1, 0.15) is 111 Å². The van der Waals surface area contributed by atoms with Gasteiger partial charge in [-0.05, 0) is 12.3 Å². The van der Waals surface area contributed by atoms with Gasteiger partial charge < -0.3 is 29.9 Å². The van der Waals surface area contributed by atoms with Crippen LogP contribution in [0.5, 0.6) is 0 Å². The normalized spacial score (nSPS) is 28.2. The van der Waals surface area contributed by atoms with Crippen molar-refractivity contribution in [2.45, 2.75) is 141 Å². The van der Waals surface area contributed by atoms with Crippen LogP contribution in [0.4, 0.5) is 0 Å². The van der Waals surface area contributed by atoms with E-state index < -0.39 is 42.8 Å². The highest BCUT2D eigenvalue weighted by Gasteiger charge is 2.53. The molecular formula is C25H48O7. The Labute approximate surface area is 194 Å². The first-order valence-electron chi connectivity index (χ1n) is 12.8. The zero-order valence-corrected chi connectivity index (χ0v) is 20.5. The second-order valence-corrected chi connectivity index (χ2v) is 9.93. The van der Waals surface area contributed by atoms with Crippen molar-refractivity contribution in [3.05, 3.63) is 0 Å². The highest BCUT2D eigenvalue weighted by Crippen LogP contribution is 2.31. The molecule has 7 heteroatoms. The maximum atomic E-state index is 12.2. The quantitative estimate of drug-likeness (QED) is 0.192. The molecule has 32 heavy (non-hydrogen) atoms. The summed E-state index contributed by atoms with van der Waals surface area (Å²) in [6, 6.07) is 0. The molecule has 1 fully saturated rings. The predicted molar refractivity (Wildman–Crippen MR) is 124 cm³/mol. The van der Waals surface area contributed by atoms with E-state index in [0.29, 0.717) is 6.42 Å². The Kier molecular flexibility index (Phi) is 14.6. The topological polar surface area (TPSA) is 116 Å². The van der Waals surface area contributed by atoms with E-state index in [1.807, 2.05) is 0 Å². The number of hydrogen-bond acceptors (Lipinski definition) is 7. The summed E-state index contributed by atoms with van der Waals surface area (Å²) in [5, 5.41) is 39.1. The maximum Gasteiger partial charge on any atom is 0.308 e. The standard InChI is InChI=1S/C25H48O7/c1-19(2)16-14-12-10-8-6-4-5-7-9-11-13-15-17-21(27)32-25(3)24(30)23(29)22(28)20(18-26)31-25/h19-20,22-24,26,28-30H,4-18H2,1-3H3/t20-,22-,23+,24-,25?/m1/s1. The van der Waals surface area contributed by atoms with Crippen molar-refractivity contribution in [3.8, 4) is 0 Å². The molecule has 0 aliphatic carbocycles. The second-order valence-electron chi connectivity index (χ2n) is 9.93. The number of ether oxygens (including phenoxy) is 2. The van der Waals surface area contributed by atoms with E-state index >= 15 is 0 Å². The van der Waals surface area contributed by atoms with Crippen molar-refractivity contribution in [2.24, 2.45) is 5.92 Å². The van der Waals surface area contributed by atoms with Gasteiger partial charge in [0.25, 0.3) is 0 Å². The van der Waals surface area contributed by atoms with Gasteiger partial charge in [0.15, 0.2) is 0 Å². The van der Waals surface area contributed by atoms with E-state index in [2.05, 4.69) is 13.8 Å². The zero-order valence-electron chi connectivity index (χ0n) is 20.5. The lowest BCUT2D eigenvalue weighted by Crippen LogP contribution is -2.65. The Hall–Kier alpha value is -0.730. The Bertz CT molecular complexity index is 497. The third-order valence-corrected chi connectivity index (χ3v) is 6.39. The fraction of sp³-hybridized carbons (Fsp3) is 0.960. The van der Waals surface area contributed by atoms with Gasteiger partial charge >= 0.3 is 5.97 Å². The molecule has 1 saturated heterocycles. The van der Waals surface area contributed by atoms with Gasteiger partial charge in [-0.1, -0.05) is 90.9 Å². The molecule has 4 N–H and O–H groups in total. The number of aliphatic hydroxyl groups is 4. The van der Waals surface area contributed by atoms with Gasteiger partial charge in [-0.25, -0.2) is 0 Å². The summed E-state index contributed by atoms with van der Waals surface area (Å²) in [5.74, 6) is -1.50. The minimum Gasteiger partial charge on any atom is -0.430 e. The van der Waals surface area contributed by atoms with Crippen LogP contribution in [-0.4, -0.2) is 63.2 Å². The number of carbonyl (C=O) groups is 1. The fourth-order valence-electron chi connectivity index (χ4n) is 4.25. The predicted octanol–water partition coefficient (Wildman–Crippen LogP) is 3.84. The van der Waals surface area contributed by atoms with E-state index in [0.717, 1.165) is 18.8 Å². The minimum absolute atomic E-state index is 0.199. The maximum absolute atomic E-state index is 12.2. The van der Waals surface area contributed by atoms with Gasteiger partial charge in [0.05, 0.1) is 6.61 Å². The molecule has 7 nitrogen and oxygen atoms in total. The molecule has 0 radical (unpaired) electrons. The van der Waals surface area contributed by atoms with Crippen LogP contribution in [0.25, 0.3) is 0 Å². The molecule has 5 atom stereocenters. The lowest BCUT2D eigenvalue weighted by atomic mass is 9.93. The zero-order chi connectivity index (χ0) is 24.0. The molecule has 190 valence electrons. The van der Waals surface area contributed by atoms with E-state index in [9.17, 15) is 25.2 Å². The average Bonchev–Trinajstić information content (AvgIpc) is 2.75. The monoisotopic (exact) mass is 460 g/mol. The van der Waals surface area contributed by atoms with Crippen molar-refractivity contribution in [1.29, 1.82) is 0 Å². The molecule has 0 aromatic carbocycles. The molecule has 1 aliphatic heterocycles. The van der Waals surface area contributed by atoms with Crippen LogP contribution >= 0.6 is 0 Å². The molecule has 1 unspecified atom stereocenters. The molecule has 0 amide bonds. The number of carbonyl (C=O) groups excluding carboxylic acids is 1. The molecule has 1 heterocycles. The van der Waals surface area contributed by atoms with Gasteiger partial charge in [0, 0.05) is 13.3 Å². The van der Waals surface area contributed by atoms with Crippen LogP contribution in [0.3, 0.4) is 0 Å². The van der Waals surface area contributed by atoms with Gasteiger partial charge in [-0.3, -0.25) is 4.79 Å². The summed E-state index contributed by atoms with van der Waals surface area (Å²) < 4.78 is 10.6. The van der Waals surface area contributed by atoms with Gasteiger partial charge in [0.1, 0.15) is 24.4 Å². The summed E-state index contributed by atoms with van der Waals surface area (Å²) in [4.78, 5) is 12.2. The molecule has 0 aromatic rings. The molecular weight excluding hydrogens is 412 g/mol. The fourth-order valence-corrected chi connectivity index (χ4v) is 4.25. The van der Waals surface area contributed by atoms with Crippen LogP contribution in [0.2, 0.25) is 0 Å². The number of hydrogen-bond donors (Lipinski definition) is 4. The number of esters is 1. The molecule has 0 aromatic heterocycles. The molecule has 0 saturated carbocycles. The Morgan fingerprint density at radius 3 is 1.78 bits per heavy atom. The molecule has 1 aliphatic rings. The molecule has 0 bridgehead atoms. The van der Waals surface area contributed by atoms with E-state index in [-0.39, 0.29) is 6.42 Å². The Morgan fingerprint density at radius 1 is 0.844 bits per heavy atom. The molecule has 1 rings (SSSR count). The highest BCUT2D eigenvalue weighted by atomic mass is 16.7. The van der Waals surface area contributed by atoms with E-state index in [4.69, 9.17) is 9.47 Å². The van der Waals surface area contributed by atoms with Crippen LogP contribution in [-0.2, 0) is 14.3 Å². The highest BCUT2D eigenvalue weighted by molar-refractivity contribution is 5.69. The number of rotatable bonds is 17. The number of unbranched alkanes of at least 4 members (excludes halogenated alkanes) is 11. The summed E-state index contributed by atoms with van der Waals surface area (Å²) in [6.07, 6.45) is 10.3. The average molecular weight is 461 g/mol. The van der Waals surface area contributed by atoms with Gasteiger partial charge in [-0.15, -0.1) is 0 Å². The van der Waals surface area contributed by atoms with Gasteiger partial charge in [-0.2, -0.15) is 0 Å². The summed E-state index contributed by atoms with van der Waals surface area (Å²) in [5.41, 5.74) is 0. The number of aliphatic hydroxyl groups excluding tert-OH is 4. The van der Waals surface area contributed by atoms with Crippen molar-refractivity contribution in [1.82, 2.24) is 0 Å². The van der Waals surface area contributed by atoms with Gasteiger partial charge in [0.2, 0.25) is 5.79 Å². The van der Waals surface area contributed by atoms with Crippen LogP contribution in [0, 0.1) is 5.92 Å². The largest absolute Gasteiger partial charge is 0.430 e. The van der Waals surface area contributed by atoms with E-state index in [1.54, 1.807) is 0 Å².